The van der Waals surface area contributed by atoms with Crippen LogP contribution in [0.5, 0.6) is 0 Å². The maximum atomic E-state index is 6.20. The summed E-state index contributed by atoms with van der Waals surface area (Å²) in [6.07, 6.45) is 3.96. The van der Waals surface area contributed by atoms with Gasteiger partial charge >= 0.3 is 0 Å². The first-order valence-electron chi connectivity index (χ1n) is 6.32. The highest BCUT2D eigenvalue weighted by Crippen LogP contribution is 2.34. The van der Waals surface area contributed by atoms with Crippen LogP contribution in [0.25, 0.3) is 0 Å². The van der Waals surface area contributed by atoms with Crippen LogP contribution in [0.4, 0.5) is 0 Å². The Bertz CT molecular complexity index is 589. The number of aromatic nitrogens is 1. The fourth-order valence-electron chi connectivity index (χ4n) is 2.43. The van der Waals surface area contributed by atoms with Crippen LogP contribution >= 0.6 is 34.5 Å². The summed E-state index contributed by atoms with van der Waals surface area (Å²) in [5, 5.41) is 2.45. The molecule has 100 valence electrons. The molecule has 5 heteroatoms. The first-order chi connectivity index (χ1) is 9.15. The molecule has 2 N–H and O–H groups in total. The Morgan fingerprint density at radius 2 is 2.05 bits per heavy atom. The molecule has 0 bridgehead atoms. The van der Waals surface area contributed by atoms with Crippen LogP contribution in [0.2, 0.25) is 10.0 Å². The normalized spacial score (nSPS) is 18.4. The van der Waals surface area contributed by atoms with E-state index in [1.54, 1.807) is 11.3 Å². The molecule has 1 aromatic carbocycles. The van der Waals surface area contributed by atoms with E-state index in [9.17, 15) is 0 Å². The second-order valence-electron chi connectivity index (χ2n) is 4.79. The summed E-state index contributed by atoms with van der Waals surface area (Å²) in [4.78, 5) is 6.02. The molecule has 0 saturated carbocycles. The van der Waals surface area contributed by atoms with Gasteiger partial charge in [0.2, 0.25) is 0 Å². The maximum absolute atomic E-state index is 6.20. The van der Waals surface area contributed by atoms with Gasteiger partial charge in [0.05, 0.1) is 10.7 Å². The van der Waals surface area contributed by atoms with Crippen LogP contribution in [-0.2, 0) is 12.8 Å². The third-order valence-electron chi connectivity index (χ3n) is 3.43. The fraction of sp³-hybridized carbons (Fsp3) is 0.357. The summed E-state index contributed by atoms with van der Waals surface area (Å²) in [7, 11) is 0. The molecule has 1 aromatic heterocycles. The van der Waals surface area contributed by atoms with Crippen LogP contribution < -0.4 is 5.73 Å². The number of aryl methyl sites for hydroxylation is 1. The minimum atomic E-state index is 0.0930. The van der Waals surface area contributed by atoms with Crippen molar-refractivity contribution in [3.63, 3.8) is 0 Å². The number of halogens is 2. The molecule has 3 rings (SSSR count). The molecule has 19 heavy (non-hydrogen) atoms. The zero-order valence-corrected chi connectivity index (χ0v) is 12.7. The summed E-state index contributed by atoms with van der Waals surface area (Å²) < 4.78 is 0. The summed E-state index contributed by atoms with van der Waals surface area (Å²) in [5.74, 6) is 0. The molecule has 0 radical (unpaired) electrons. The smallest absolute Gasteiger partial charge is 0.0976 e. The van der Waals surface area contributed by atoms with Gasteiger partial charge in [-0.15, -0.1) is 11.3 Å². The van der Waals surface area contributed by atoms with Crippen LogP contribution in [0.1, 0.15) is 40.0 Å². The fourth-order valence-corrected chi connectivity index (χ4v) is 4.15. The van der Waals surface area contributed by atoms with Crippen molar-refractivity contribution in [3.05, 3.63) is 49.4 Å². The van der Waals surface area contributed by atoms with E-state index >= 15 is 0 Å². The van der Waals surface area contributed by atoms with Crippen molar-refractivity contribution in [3.8, 4) is 0 Å². The lowest BCUT2D eigenvalue weighted by Crippen LogP contribution is -2.16. The molecule has 0 aliphatic heterocycles. The van der Waals surface area contributed by atoms with E-state index in [2.05, 4.69) is 4.98 Å². The second-order valence-corrected chi connectivity index (χ2v) is 6.77. The standard InChI is InChI=1S/C14H14Cl2N2S/c15-9-3-1-4-10(16)8(9)7-13-18-14-11(17)5-2-6-12(14)19-13/h1,3-4,11H,2,5-7,17H2. The van der Waals surface area contributed by atoms with Gasteiger partial charge in [-0.2, -0.15) is 0 Å². The van der Waals surface area contributed by atoms with Crippen LogP contribution in [-0.4, -0.2) is 4.98 Å². The van der Waals surface area contributed by atoms with Gasteiger partial charge in [-0.25, -0.2) is 4.98 Å². The Morgan fingerprint density at radius 3 is 2.74 bits per heavy atom. The first kappa shape index (κ1) is 13.4. The van der Waals surface area contributed by atoms with Crippen molar-refractivity contribution >= 4 is 34.5 Å². The molecule has 1 aliphatic carbocycles. The van der Waals surface area contributed by atoms with E-state index in [1.165, 1.54) is 4.88 Å². The number of nitrogens with zero attached hydrogens (tertiary/aromatic N) is 1. The zero-order valence-electron chi connectivity index (χ0n) is 10.3. The molecular weight excluding hydrogens is 299 g/mol. The Kier molecular flexibility index (Phi) is 3.81. The Hall–Kier alpha value is -0.610. The molecule has 1 unspecified atom stereocenters. The third kappa shape index (κ3) is 2.65. The highest BCUT2D eigenvalue weighted by atomic mass is 35.5. The molecule has 1 atom stereocenters. The zero-order chi connectivity index (χ0) is 13.4. The van der Waals surface area contributed by atoms with Gasteiger partial charge in [-0.3, -0.25) is 0 Å². The van der Waals surface area contributed by atoms with Crippen molar-refractivity contribution in [2.75, 3.05) is 0 Å². The number of fused-ring (bicyclic) bond motifs is 1. The average Bonchev–Trinajstić information content (AvgIpc) is 2.78. The van der Waals surface area contributed by atoms with Crippen molar-refractivity contribution in [2.24, 2.45) is 5.73 Å². The lowest BCUT2D eigenvalue weighted by atomic mass is 9.99. The predicted molar refractivity (Wildman–Crippen MR) is 81.2 cm³/mol. The van der Waals surface area contributed by atoms with Gasteiger partial charge in [-0.05, 0) is 37.0 Å². The minimum Gasteiger partial charge on any atom is -0.323 e. The highest BCUT2D eigenvalue weighted by Gasteiger charge is 2.22. The number of thiazole rings is 1. The van der Waals surface area contributed by atoms with E-state index in [1.807, 2.05) is 18.2 Å². The average molecular weight is 313 g/mol. The number of nitrogens with two attached hydrogens (primary N) is 1. The lowest BCUT2D eigenvalue weighted by molar-refractivity contribution is 0.562. The SMILES string of the molecule is NC1CCCc2sc(Cc3c(Cl)cccc3Cl)nc21. The molecular formula is C14H14Cl2N2S. The quantitative estimate of drug-likeness (QED) is 0.894. The van der Waals surface area contributed by atoms with Crippen molar-refractivity contribution < 1.29 is 0 Å². The van der Waals surface area contributed by atoms with Gasteiger partial charge in [0.15, 0.2) is 0 Å². The second kappa shape index (κ2) is 5.41. The first-order valence-corrected chi connectivity index (χ1v) is 7.89. The molecule has 0 amide bonds. The maximum Gasteiger partial charge on any atom is 0.0976 e. The molecule has 0 saturated heterocycles. The number of hydrogen-bond donors (Lipinski definition) is 1. The number of benzene rings is 1. The van der Waals surface area contributed by atoms with Gasteiger partial charge in [0, 0.05) is 27.4 Å². The van der Waals surface area contributed by atoms with Crippen molar-refractivity contribution in [2.45, 2.75) is 31.7 Å². The van der Waals surface area contributed by atoms with E-state index in [4.69, 9.17) is 28.9 Å². The predicted octanol–water partition coefficient (Wildman–Crippen LogP) is 4.38. The molecule has 2 nitrogen and oxygen atoms in total. The number of rotatable bonds is 2. The van der Waals surface area contributed by atoms with Crippen LogP contribution in [0.3, 0.4) is 0 Å². The molecule has 0 fully saturated rings. The lowest BCUT2D eigenvalue weighted by Gasteiger charge is -2.15. The largest absolute Gasteiger partial charge is 0.323 e. The summed E-state index contributed by atoms with van der Waals surface area (Å²) in [5.41, 5.74) is 8.13. The van der Waals surface area contributed by atoms with Gasteiger partial charge in [0.25, 0.3) is 0 Å². The van der Waals surface area contributed by atoms with Gasteiger partial charge in [-0.1, -0.05) is 29.3 Å². The Morgan fingerprint density at radius 1 is 1.32 bits per heavy atom. The van der Waals surface area contributed by atoms with Gasteiger partial charge < -0.3 is 5.73 Å². The molecule has 1 aliphatic rings. The topological polar surface area (TPSA) is 38.9 Å². The number of hydrogen-bond acceptors (Lipinski definition) is 3. The monoisotopic (exact) mass is 312 g/mol. The van der Waals surface area contributed by atoms with Crippen molar-refractivity contribution in [1.29, 1.82) is 0 Å². The third-order valence-corrected chi connectivity index (χ3v) is 5.27. The van der Waals surface area contributed by atoms with Crippen molar-refractivity contribution in [1.82, 2.24) is 4.98 Å². The molecule has 1 heterocycles. The van der Waals surface area contributed by atoms with E-state index < -0.39 is 0 Å². The Labute approximate surface area is 126 Å². The summed E-state index contributed by atoms with van der Waals surface area (Å²) in [6, 6.07) is 5.68. The van der Waals surface area contributed by atoms with Gasteiger partial charge in [0.1, 0.15) is 0 Å². The summed E-state index contributed by atoms with van der Waals surface area (Å²) >= 11 is 14.1. The van der Waals surface area contributed by atoms with Crippen LogP contribution in [0.15, 0.2) is 18.2 Å². The Balaban J connectivity index is 1.92. The van der Waals surface area contributed by atoms with E-state index in [0.29, 0.717) is 16.5 Å². The molecule has 0 spiro atoms. The minimum absolute atomic E-state index is 0.0930. The highest BCUT2D eigenvalue weighted by molar-refractivity contribution is 7.11. The molecule has 2 aromatic rings. The van der Waals surface area contributed by atoms with E-state index in [0.717, 1.165) is 35.5 Å². The van der Waals surface area contributed by atoms with E-state index in [-0.39, 0.29) is 6.04 Å². The summed E-state index contributed by atoms with van der Waals surface area (Å²) in [6.45, 7) is 0. The van der Waals surface area contributed by atoms with Crippen LogP contribution in [0, 0.1) is 0 Å².